The Balaban J connectivity index is 2.09. The van der Waals surface area contributed by atoms with Crippen molar-refractivity contribution in [2.75, 3.05) is 13.6 Å². The largest absolute Gasteiger partial charge is 0.364 e. The lowest BCUT2D eigenvalue weighted by atomic mass is 10.3. The monoisotopic (exact) mass is 195 g/mol. The van der Waals surface area contributed by atoms with Gasteiger partial charge >= 0.3 is 0 Å². The van der Waals surface area contributed by atoms with Crippen molar-refractivity contribution in [3.8, 4) is 0 Å². The van der Waals surface area contributed by atoms with Crippen LogP contribution in [0, 0.1) is 0 Å². The molecule has 0 aliphatic carbocycles. The van der Waals surface area contributed by atoms with Crippen LogP contribution in [0.5, 0.6) is 0 Å². The second kappa shape index (κ2) is 6.21. The summed E-state index contributed by atoms with van der Waals surface area (Å²) in [5.41, 5.74) is 1.03. The maximum absolute atomic E-state index is 11.3. The highest BCUT2D eigenvalue weighted by Crippen LogP contribution is 1.94. The molecule has 1 aromatic rings. The third kappa shape index (κ3) is 4.09. The van der Waals surface area contributed by atoms with Crippen LogP contribution in [-0.2, 0) is 11.3 Å². The highest BCUT2D eigenvalue weighted by Gasteiger charge is 2.00. The normalized spacial score (nSPS) is 10.1. The number of hydrogen-bond acceptors (Lipinski definition) is 2. The highest BCUT2D eigenvalue weighted by molar-refractivity contribution is 5.75. The first kappa shape index (κ1) is 10.8. The van der Waals surface area contributed by atoms with Crippen molar-refractivity contribution in [2.24, 2.45) is 0 Å². The van der Waals surface area contributed by atoms with E-state index in [9.17, 15) is 4.79 Å². The molecule has 0 radical (unpaired) electrons. The van der Waals surface area contributed by atoms with Crippen molar-refractivity contribution in [3.05, 3.63) is 24.0 Å². The molecule has 0 bridgehead atoms. The van der Waals surface area contributed by atoms with E-state index < -0.39 is 0 Å². The maximum atomic E-state index is 11.3. The lowest BCUT2D eigenvalue weighted by Gasteiger charge is -2.03. The van der Waals surface area contributed by atoms with E-state index in [0.29, 0.717) is 13.0 Å². The quantitative estimate of drug-likeness (QED) is 0.583. The minimum absolute atomic E-state index is 0.106. The van der Waals surface area contributed by atoms with Gasteiger partial charge < -0.3 is 15.6 Å². The summed E-state index contributed by atoms with van der Waals surface area (Å²) in [7, 11) is 1.89. The van der Waals surface area contributed by atoms with Crippen molar-refractivity contribution < 1.29 is 4.79 Å². The van der Waals surface area contributed by atoms with E-state index in [1.165, 1.54) is 0 Å². The fourth-order valence-electron chi connectivity index (χ4n) is 1.19. The van der Waals surface area contributed by atoms with Gasteiger partial charge in [-0.25, -0.2) is 0 Å². The number of carbonyl (C=O) groups excluding carboxylic acids is 1. The van der Waals surface area contributed by atoms with Gasteiger partial charge in [0.2, 0.25) is 5.91 Å². The van der Waals surface area contributed by atoms with Gasteiger partial charge in [-0.05, 0) is 32.1 Å². The molecule has 78 valence electrons. The second-order valence-corrected chi connectivity index (χ2v) is 3.18. The predicted octanol–water partition coefficient (Wildman–Crippen LogP) is 0.630. The lowest BCUT2D eigenvalue weighted by Crippen LogP contribution is -2.23. The molecule has 0 atom stereocenters. The number of H-pyrrole nitrogens is 1. The first-order chi connectivity index (χ1) is 6.83. The molecule has 0 saturated heterocycles. The molecule has 0 aliphatic rings. The minimum Gasteiger partial charge on any atom is -0.364 e. The molecule has 0 fully saturated rings. The summed E-state index contributed by atoms with van der Waals surface area (Å²) in [5.74, 6) is 0.106. The average Bonchev–Trinajstić information content (AvgIpc) is 2.68. The number of rotatable bonds is 6. The number of carbonyl (C=O) groups is 1. The number of nitrogens with one attached hydrogen (secondary N) is 3. The van der Waals surface area contributed by atoms with Crippen LogP contribution in [0.15, 0.2) is 18.3 Å². The SMILES string of the molecule is CNCCCC(=O)NCc1ccc[nH]1. The van der Waals surface area contributed by atoms with Crippen LogP contribution in [-0.4, -0.2) is 24.5 Å². The van der Waals surface area contributed by atoms with E-state index in [4.69, 9.17) is 0 Å². The van der Waals surface area contributed by atoms with E-state index in [1.807, 2.05) is 25.4 Å². The summed E-state index contributed by atoms with van der Waals surface area (Å²) in [4.78, 5) is 14.3. The Morgan fingerprint density at radius 3 is 3.07 bits per heavy atom. The Hall–Kier alpha value is -1.29. The third-order valence-electron chi connectivity index (χ3n) is 1.97. The fourth-order valence-corrected chi connectivity index (χ4v) is 1.19. The molecule has 0 aliphatic heterocycles. The zero-order valence-corrected chi connectivity index (χ0v) is 8.47. The van der Waals surface area contributed by atoms with Crippen LogP contribution in [0.4, 0.5) is 0 Å². The molecule has 0 spiro atoms. The minimum atomic E-state index is 0.106. The van der Waals surface area contributed by atoms with Gasteiger partial charge in [0, 0.05) is 18.3 Å². The summed E-state index contributed by atoms with van der Waals surface area (Å²) in [5, 5.41) is 5.85. The molecule has 1 rings (SSSR count). The summed E-state index contributed by atoms with van der Waals surface area (Å²) < 4.78 is 0. The van der Waals surface area contributed by atoms with Crippen LogP contribution in [0.3, 0.4) is 0 Å². The Bertz CT molecular complexity index is 256. The summed E-state index contributed by atoms with van der Waals surface area (Å²) in [6.45, 7) is 1.47. The standard InChI is InChI=1S/C10H17N3O/c1-11-6-3-5-10(14)13-8-9-4-2-7-12-9/h2,4,7,11-12H,3,5-6,8H2,1H3,(H,13,14). The molecule has 1 heterocycles. The molecule has 4 nitrogen and oxygen atoms in total. The molecule has 1 aromatic heterocycles. The third-order valence-corrected chi connectivity index (χ3v) is 1.97. The summed E-state index contributed by atoms with van der Waals surface area (Å²) >= 11 is 0. The van der Waals surface area contributed by atoms with E-state index in [0.717, 1.165) is 18.7 Å². The number of hydrogen-bond donors (Lipinski definition) is 3. The van der Waals surface area contributed by atoms with Crippen LogP contribution >= 0.6 is 0 Å². The Kier molecular flexibility index (Phi) is 4.78. The van der Waals surface area contributed by atoms with Gasteiger partial charge in [-0.3, -0.25) is 4.79 Å². The topological polar surface area (TPSA) is 56.9 Å². The molecule has 0 unspecified atom stereocenters. The highest BCUT2D eigenvalue weighted by atomic mass is 16.1. The number of aromatic nitrogens is 1. The van der Waals surface area contributed by atoms with Crippen LogP contribution < -0.4 is 10.6 Å². The molecular weight excluding hydrogens is 178 g/mol. The summed E-state index contributed by atoms with van der Waals surface area (Å²) in [6.07, 6.45) is 3.32. The smallest absolute Gasteiger partial charge is 0.220 e. The van der Waals surface area contributed by atoms with Gasteiger partial charge in [0.15, 0.2) is 0 Å². The number of aromatic amines is 1. The van der Waals surface area contributed by atoms with Crippen LogP contribution in [0.25, 0.3) is 0 Å². The first-order valence-corrected chi connectivity index (χ1v) is 4.86. The van der Waals surface area contributed by atoms with Gasteiger partial charge in [-0.15, -0.1) is 0 Å². The van der Waals surface area contributed by atoms with Gasteiger partial charge in [-0.1, -0.05) is 0 Å². The van der Waals surface area contributed by atoms with Crippen molar-refractivity contribution in [1.29, 1.82) is 0 Å². The lowest BCUT2D eigenvalue weighted by molar-refractivity contribution is -0.121. The second-order valence-electron chi connectivity index (χ2n) is 3.18. The van der Waals surface area contributed by atoms with Crippen molar-refractivity contribution in [3.63, 3.8) is 0 Å². The Morgan fingerprint density at radius 1 is 1.57 bits per heavy atom. The molecule has 4 heteroatoms. The van der Waals surface area contributed by atoms with E-state index in [-0.39, 0.29) is 5.91 Å². The van der Waals surface area contributed by atoms with Gasteiger partial charge in [0.1, 0.15) is 0 Å². The molecule has 1 amide bonds. The maximum Gasteiger partial charge on any atom is 0.220 e. The Labute approximate surface area is 84.1 Å². The van der Waals surface area contributed by atoms with Crippen molar-refractivity contribution in [2.45, 2.75) is 19.4 Å². The van der Waals surface area contributed by atoms with Gasteiger partial charge in [0.25, 0.3) is 0 Å². The summed E-state index contributed by atoms with van der Waals surface area (Å²) in [6, 6.07) is 3.87. The molecule has 0 aromatic carbocycles. The van der Waals surface area contributed by atoms with Crippen LogP contribution in [0.1, 0.15) is 18.5 Å². The van der Waals surface area contributed by atoms with Crippen molar-refractivity contribution >= 4 is 5.91 Å². The number of amides is 1. The van der Waals surface area contributed by atoms with Crippen molar-refractivity contribution in [1.82, 2.24) is 15.6 Å². The van der Waals surface area contributed by atoms with E-state index in [1.54, 1.807) is 0 Å². The van der Waals surface area contributed by atoms with E-state index >= 15 is 0 Å². The molecule has 14 heavy (non-hydrogen) atoms. The fraction of sp³-hybridized carbons (Fsp3) is 0.500. The molecular formula is C10H17N3O. The average molecular weight is 195 g/mol. The Morgan fingerprint density at radius 2 is 2.43 bits per heavy atom. The zero-order chi connectivity index (χ0) is 10.2. The predicted molar refractivity (Wildman–Crippen MR) is 55.8 cm³/mol. The van der Waals surface area contributed by atoms with Gasteiger partial charge in [0.05, 0.1) is 6.54 Å². The van der Waals surface area contributed by atoms with E-state index in [2.05, 4.69) is 15.6 Å². The molecule has 0 saturated carbocycles. The van der Waals surface area contributed by atoms with Crippen LogP contribution in [0.2, 0.25) is 0 Å². The van der Waals surface area contributed by atoms with Gasteiger partial charge in [-0.2, -0.15) is 0 Å². The zero-order valence-electron chi connectivity index (χ0n) is 8.47. The molecule has 3 N–H and O–H groups in total. The first-order valence-electron chi connectivity index (χ1n) is 4.86.